The molecule has 0 aliphatic rings. The van der Waals surface area contributed by atoms with Crippen LogP contribution in [0.25, 0.3) is 0 Å². The second-order valence-electron chi connectivity index (χ2n) is 3.84. The normalized spacial score (nSPS) is 14.8. The fourth-order valence-electron chi connectivity index (χ4n) is 1.53. The first-order valence-electron chi connectivity index (χ1n) is 5.21. The lowest BCUT2D eigenvalue weighted by Crippen LogP contribution is -2.29. The van der Waals surface area contributed by atoms with Crippen molar-refractivity contribution in [3.8, 4) is 0 Å². The average Bonchev–Trinajstić information content (AvgIpc) is 2.19. The van der Waals surface area contributed by atoms with Crippen molar-refractivity contribution in [3.05, 3.63) is 30.3 Å². The van der Waals surface area contributed by atoms with Crippen LogP contribution < -0.4 is 10.6 Å². The quantitative estimate of drug-likeness (QED) is 0.749. The number of hydrogen-bond acceptors (Lipinski definition) is 2. The van der Waals surface area contributed by atoms with Crippen LogP contribution in [0.1, 0.15) is 20.3 Å². The zero-order valence-electron chi connectivity index (χ0n) is 9.25. The Balaban J connectivity index is 2.37. The fraction of sp³-hybridized carbons (Fsp3) is 0.500. The van der Waals surface area contributed by atoms with Gasteiger partial charge in [-0.25, -0.2) is 0 Å². The standard InChI is InChI=1S/C12H20N2/c1-10(13-3)9-11(2)14-12-7-5-4-6-8-12/h4-8,10-11,13-14H,9H2,1-3H3. The molecule has 0 aliphatic heterocycles. The highest BCUT2D eigenvalue weighted by Crippen LogP contribution is 2.09. The fourth-order valence-corrected chi connectivity index (χ4v) is 1.53. The van der Waals surface area contributed by atoms with Crippen LogP contribution in [0.2, 0.25) is 0 Å². The minimum Gasteiger partial charge on any atom is -0.383 e. The molecule has 0 radical (unpaired) electrons. The van der Waals surface area contributed by atoms with Crippen molar-refractivity contribution in [3.63, 3.8) is 0 Å². The van der Waals surface area contributed by atoms with Gasteiger partial charge in [0.25, 0.3) is 0 Å². The topological polar surface area (TPSA) is 24.1 Å². The van der Waals surface area contributed by atoms with E-state index in [-0.39, 0.29) is 0 Å². The molecule has 2 heteroatoms. The number of nitrogens with one attached hydrogen (secondary N) is 2. The van der Waals surface area contributed by atoms with Gasteiger partial charge in [-0.3, -0.25) is 0 Å². The van der Waals surface area contributed by atoms with Crippen LogP contribution in [-0.4, -0.2) is 19.1 Å². The molecule has 14 heavy (non-hydrogen) atoms. The number of anilines is 1. The van der Waals surface area contributed by atoms with Crippen molar-refractivity contribution in [2.24, 2.45) is 0 Å². The maximum atomic E-state index is 3.47. The predicted molar refractivity (Wildman–Crippen MR) is 62.7 cm³/mol. The molecule has 0 spiro atoms. The van der Waals surface area contributed by atoms with E-state index in [1.807, 2.05) is 13.1 Å². The van der Waals surface area contributed by atoms with E-state index in [4.69, 9.17) is 0 Å². The third-order valence-electron chi connectivity index (χ3n) is 2.39. The predicted octanol–water partition coefficient (Wildman–Crippen LogP) is 2.49. The van der Waals surface area contributed by atoms with E-state index in [0.717, 1.165) is 6.42 Å². The number of benzene rings is 1. The molecular formula is C12H20N2. The Morgan fingerprint density at radius 1 is 1.07 bits per heavy atom. The first kappa shape index (κ1) is 11.1. The lowest BCUT2D eigenvalue weighted by Gasteiger charge is -2.19. The van der Waals surface area contributed by atoms with Gasteiger partial charge in [-0.05, 0) is 39.4 Å². The number of rotatable bonds is 5. The van der Waals surface area contributed by atoms with Gasteiger partial charge in [-0.2, -0.15) is 0 Å². The Morgan fingerprint density at radius 2 is 1.71 bits per heavy atom. The molecule has 0 bridgehead atoms. The van der Waals surface area contributed by atoms with Crippen molar-refractivity contribution >= 4 is 5.69 Å². The van der Waals surface area contributed by atoms with E-state index in [9.17, 15) is 0 Å². The Labute approximate surface area is 86.7 Å². The largest absolute Gasteiger partial charge is 0.383 e. The van der Waals surface area contributed by atoms with Crippen molar-refractivity contribution in [2.45, 2.75) is 32.4 Å². The summed E-state index contributed by atoms with van der Waals surface area (Å²) in [6.45, 7) is 4.41. The van der Waals surface area contributed by atoms with Gasteiger partial charge in [-0.1, -0.05) is 18.2 Å². The summed E-state index contributed by atoms with van der Waals surface area (Å²) in [5.74, 6) is 0. The minimum atomic E-state index is 0.500. The number of hydrogen-bond donors (Lipinski definition) is 2. The molecule has 0 fully saturated rings. The summed E-state index contributed by atoms with van der Waals surface area (Å²) in [5, 5.41) is 6.71. The Bertz CT molecular complexity index is 246. The van der Waals surface area contributed by atoms with Crippen LogP contribution in [0.5, 0.6) is 0 Å². The van der Waals surface area contributed by atoms with Gasteiger partial charge in [0.2, 0.25) is 0 Å². The zero-order chi connectivity index (χ0) is 10.4. The second-order valence-corrected chi connectivity index (χ2v) is 3.84. The van der Waals surface area contributed by atoms with E-state index < -0.39 is 0 Å². The summed E-state index contributed by atoms with van der Waals surface area (Å²) < 4.78 is 0. The van der Waals surface area contributed by atoms with Crippen molar-refractivity contribution in [1.29, 1.82) is 0 Å². The molecule has 2 N–H and O–H groups in total. The third kappa shape index (κ3) is 3.79. The van der Waals surface area contributed by atoms with Gasteiger partial charge in [0.1, 0.15) is 0 Å². The average molecular weight is 192 g/mol. The molecule has 0 aliphatic carbocycles. The highest BCUT2D eigenvalue weighted by Gasteiger charge is 2.05. The van der Waals surface area contributed by atoms with Crippen LogP contribution in [0.15, 0.2) is 30.3 Å². The highest BCUT2D eigenvalue weighted by atomic mass is 14.9. The van der Waals surface area contributed by atoms with Crippen LogP contribution in [0.3, 0.4) is 0 Å². The third-order valence-corrected chi connectivity index (χ3v) is 2.39. The molecule has 2 nitrogen and oxygen atoms in total. The first-order valence-corrected chi connectivity index (χ1v) is 5.21. The lowest BCUT2D eigenvalue weighted by atomic mass is 10.1. The second kappa shape index (κ2) is 5.66. The lowest BCUT2D eigenvalue weighted by molar-refractivity contribution is 0.529. The van der Waals surface area contributed by atoms with Crippen molar-refractivity contribution < 1.29 is 0 Å². The number of para-hydroxylation sites is 1. The molecule has 0 saturated heterocycles. The monoisotopic (exact) mass is 192 g/mol. The molecule has 1 rings (SSSR count). The summed E-state index contributed by atoms with van der Waals surface area (Å²) in [6.07, 6.45) is 1.13. The van der Waals surface area contributed by atoms with Crippen LogP contribution in [0.4, 0.5) is 5.69 Å². The highest BCUT2D eigenvalue weighted by molar-refractivity contribution is 5.43. The maximum absolute atomic E-state index is 3.47. The van der Waals surface area contributed by atoms with Gasteiger partial charge in [0.15, 0.2) is 0 Å². The molecule has 0 saturated carbocycles. The van der Waals surface area contributed by atoms with E-state index in [2.05, 4.69) is 48.7 Å². The molecule has 0 aromatic heterocycles. The van der Waals surface area contributed by atoms with Crippen molar-refractivity contribution in [1.82, 2.24) is 5.32 Å². The van der Waals surface area contributed by atoms with Gasteiger partial charge < -0.3 is 10.6 Å². The van der Waals surface area contributed by atoms with Gasteiger partial charge >= 0.3 is 0 Å². The van der Waals surface area contributed by atoms with E-state index in [0.29, 0.717) is 12.1 Å². The first-order chi connectivity index (χ1) is 6.72. The van der Waals surface area contributed by atoms with E-state index in [1.54, 1.807) is 0 Å². The van der Waals surface area contributed by atoms with Crippen LogP contribution in [-0.2, 0) is 0 Å². The van der Waals surface area contributed by atoms with E-state index in [1.165, 1.54) is 5.69 Å². The molecule has 1 aromatic rings. The summed E-state index contributed by atoms with van der Waals surface area (Å²) in [6, 6.07) is 11.4. The van der Waals surface area contributed by atoms with Gasteiger partial charge in [0, 0.05) is 17.8 Å². The smallest absolute Gasteiger partial charge is 0.0342 e. The summed E-state index contributed by atoms with van der Waals surface area (Å²) in [4.78, 5) is 0. The molecule has 0 heterocycles. The molecule has 1 aromatic carbocycles. The van der Waals surface area contributed by atoms with Crippen molar-refractivity contribution in [2.75, 3.05) is 12.4 Å². The molecule has 0 amide bonds. The Kier molecular flexibility index (Phi) is 4.47. The van der Waals surface area contributed by atoms with Gasteiger partial charge in [0.05, 0.1) is 0 Å². The molecular weight excluding hydrogens is 172 g/mol. The zero-order valence-corrected chi connectivity index (χ0v) is 9.25. The van der Waals surface area contributed by atoms with E-state index >= 15 is 0 Å². The van der Waals surface area contributed by atoms with Crippen LogP contribution in [0, 0.1) is 0 Å². The van der Waals surface area contributed by atoms with Crippen LogP contribution >= 0.6 is 0 Å². The SMILES string of the molecule is CNC(C)CC(C)Nc1ccccc1. The molecule has 2 atom stereocenters. The Hall–Kier alpha value is -1.02. The summed E-state index contributed by atoms with van der Waals surface area (Å²) >= 11 is 0. The van der Waals surface area contributed by atoms with Gasteiger partial charge in [-0.15, -0.1) is 0 Å². The molecule has 78 valence electrons. The maximum Gasteiger partial charge on any atom is 0.0342 e. The molecule has 2 unspecified atom stereocenters. The minimum absolute atomic E-state index is 0.500. The summed E-state index contributed by atoms with van der Waals surface area (Å²) in [7, 11) is 2.00. The Morgan fingerprint density at radius 3 is 2.29 bits per heavy atom. The summed E-state index contributed by atoms with van der Waals surface area (Å²) in [5.41, 5.74) is 1.20.